The number of rotatable bonds is 6. The second-order valence-electron chi connectivity index (χ2n) is 7.29. The van der Waals surface area contributed by atoms with E-state index in [1.165, 1.54) is 38.5 Å². The van der Waals surface area contributed by atoms with E-state index < -0.39 is 27.4 Å². The Labute approximate surface area is 199 Å². The van der Waals surface area contributed by atoms with Crippen LogP contribution in [0, 0.1) is 11.6 Å². The fourth-order valence-corrected chi connectivity index (χ4v) is 5.76. The Morgan fingerprint density at radius 2 is 1.71 bits per heavy atom. The maximum Gasteiger partial charge on any atom is 0.262 e. The summed E-state index contributed by atoms with van der Waals surface area (Å²) in [6.45, 7) is 0. The highest BCUT2D eigenvalue weighted by molar-refractivity contribution is 8.04. The van der Waals surface area contributed by atoms with Gasteiger partial charge < -0.3 is 14.8 Å². The van der Waals surface area contributed by atoms with E-state index >= 15 is 0 Å². The number of anilines is 1. The number of hydrogen-bond acceptors (Lipinski definition) is 6. The van der Waals surface area contributed by atoms with Gasteiger partial charge in [0.25, 0.3) is 5.91 Å². The van der Waals surface area contributed by atoms with E-state index in [0.29, 0.717) is 27.6 Å². The lowest BCUT2D eigenvalue weighted by Gasteiger charge is -2.20. The van der Waals surface area contributed by atoms with Crippen molar-refractivity contribution in [2.24, 2.45) is 0 Å². The maximum absolute atomic E-state index is 14.0. The van der Waals surface area contributed by atoms with Crippen LogP contribution in [0.3, 0.4) is 0 Å². The summed E-state index contributed by atoms with van der Waals surface area (Å²) in [5.74, 6) is -1.64. The SMILES string of the molecule is COc1cccc(OC)c1CS(=O)(=O)c1ccc2c(c1)NC(=O)C(=Cc1ccc(F)cc1F)S2. The van der Waals surface area contributed by atoms with Crippen LogP contribution in [0.15, 0.2) is 69.3 Å². The third-order valence-electron chi connectivity index (χ3n) is 5.12. The molecule has 1 amide bonds. The van der Waals surface area contributed by atoms with E-state index in [-0.39, 0.29) is 21.1 Å². The number of fused-ring (bicyclic) bond motifs is 1. The van der Waals surface area contributed by atoms with E-state index in [9.17, 15) is 22.0 Å². The van der Waals surface area contributed by atoms with Gasteiger partial charge in [-0.2, -0.15) is 0 Å². The van der Waals surface area contributed by atoms with Crippen LogP contribution >= 0.6 is 11.8 Å². The summed E-state index contributed by atoms with van der Waals surface area (Å²) < 4.78 is 64.0. The Kier molecular flexibility index (Phi) is 6.63. The van der Waals surface area contributed by atoms with Gasteiger partial charge in [-0.05, 0) is 48.5 Å². The van der Waals surface area contributed by atoms with Crippen LogP contribution in [-0.4, -0.2) is 28.5 Å². The zero-order valence-electron chi connectivity index (χ0n) is 18.1. The van der Waals surface area contributed by atoms with Gasteiger partial charge in [0, 0.05) is 16.5 Å². The molecule has 0 saturated carbocycles. The van der Waals surface area contributed by atoms with Crippen molar-refractivity contribution in [3.05, 3.63) is 82.3 Å². The molecular formula is C24H19F2NO5S2. The minimum absolute atomic E-state index is 0.0112. The first kappa shape index (κ1) is 23.8. The van der Waals surface area contributed by atoms with Crippen molar-refractivity contribution in [2.75, 3.05) is 19.5 Å². The fraction of sp³-hybridized carbons (Fsp3) is 0.125. The molecule has 1 heterocycles. The number of halogens is 2. The molecule has 0 fully saturated rings. The number of ether oxygens (including phenoxy) is 2. The monoisotopic (exact) mass is 503 g/mol. The van der Waals surface area contributed by atoms with E-state index in [2.05, 4.69) is 5.32 Å². The number of amides is 1. The third kappa shape index (κ3) is 4.78. The van der Waals surface area contributed by atoms with Gasteiger partial charge >= 0.3 is 0 Å². The molecule has 1 aliphatic heterocycles. The molecule has 0 radical (unpaired) electrons. The molecule has 0 aromatic heterocycles. The van der Waals surface area contributed by atoms with Gasteiger partial charge in [0.1, 0.15) is 23.1 Å². The van der Waals surface area contributed by atoms with E-state index in [1.807, 2.05) is 0 Å². The molecule has 3 aromatic carbocycles. The average Bonchev–Trinajstić information content (AvgIpc) is 2.80. The van der Waals surface area contributed by atoms with Crippen molar-refractivity contribution in [3.63, 3.8) is 0 Å². The predicted octanol–water partition coefficient (Wildman–Crippen LogP) is 5.04. The predicted molar refractivity (Wildman–Crippen MR) is 126 cm³/mol. The largest absolute Gasteiger partial charge is 0.496 e. The highest BCUT2D eigenvalue weighted by Crippen LogP contribution is 2.41. The molecule has 176 valence electrons. The molecular weight excluding hydrogens is 484 g/mol. The standard InChI is InChI=1S/C24H19F2NO5S2/c1-31-20-4-3-5-21(32-2)17(20)13-34(29,30)16-8-9-22-19(12-16)27-24(28)23(33-22)10-14-6-7-15(25)11-18(14)26/h3-12H,13H2,1-2H3,(H,27,28). The zero-order chi connectivity index (χ0) is 24.5. The first-order chi connectivity index (χ1) is 16.2. The second kappa shape index (κ2) is 9.47. The summed E-state index contributed by atoms with van der Waals surface area (Å²) in [5, 5.41) is 2.64. The van der Waals surface area contributed by atoms with Crippen LogP contribution in [0.1, 0.15) is 11.1 Å². The second-order valence-corrected chi connectivity index (χ2v) is 10.4. The molecule has 0 atom stereocenters. The minimum Gasteiger partial charge on any atom is -0.496 e. The highest BCUT2D eigenvalue weighted by Gasteiger charge is 2.26. The summed E-state index contributed by atoms with van der Waals surface area (Å²) in [7, 11) is -0.934. The number of methoxy groups -OCH3 is 2. The molecule has 4 rings (SSSR count). The van der Waals surface area contributed by atoms with Gasteiger partial charge in [-0.15, -0.1) is 0 Å². The fourth-order valence-electron chi connectivity index (χ4n) is 3.44. The number of hydrogen-bond donors (Lipinski definition) is 1. The molecule has 0 bridgehead atoms. The highest BCUT2D eigenvalue weighted by atomic mass is 32.2. The lowest BCUT2D eigenvalue weighted by molar-refractivity contribution is -0.112. The number of thioether (sulfide) groups is 1. The molecule has 0 spiro atoms. The molecule has 0 unspecified atom stereocenters. The van der Waals surface area contributed by atoms with Gasteiger partial charge in [-0.25, -0.2) is 17.2 Å². The van der Waals surface area contributed by atoms with Crippen molar-refractivity contribution in [1.29, 1.82) is 0 Å². The number of carbonyl (C=O) groups is 1. The minimum atomic E-state index is -3.82. The normalized spacial score (nSPS) is 14.5. The summed E-state index contributed by atoms with van der Waals surface area (Å²) in [4.78, 5) is 13.4. The molecule has 3 aromatic rings. The lowest BCUT2D eigenvalue weighted by Crippen LogP contribution is -2.18. The Bertz CT molecular complexity index is 1400. The van der Waals surface area contributed by atoms with Crippen molar-refractivity contribution >= 4 is 39.3 Å². The summed E-state index contributed by atoms with van der Waals surface area (Å²) in [6, 6.07) is 12.5. The zero-order valence-corrected chi connectivity index (χ0v) is 19.7. The Morgan fingerprint density at radius 3 is 2.35 bits per heavy atom. The third-order valence-corrected chi connectivity index (χ3v) is 7.86. The number of nitrogens with one attached hydrogen (secondary N) is 1. The molecule has 1 N–H and O–H groups in total. The van der Waals surface area contributed by atoms with E-state index in [1.54, 1.807) is 24.3 Å². The summed E-state index contributed by atoms with van der Waals surface area (Å²) in [5.41, 5.74) is 0.766. The summed E-state index contributed by atoms with van der Waals surface area (Å²) >= 11 is 1.06. The van der Waals surface area contributed by atoms with Gasteiger partial charge in [0.05, 0.1) is 41.0 Å². The van der Waals surface area contributed by atoms with Gasteiger partial charge in [0.2, 0.25) is 0 Å². The quantitative estimate of drug-likeness (QED) is 0.475. The van der Waals surface area contributed by atoms with E-state index in [4.69, 9.17) is 9.47 Å². The van der Waals surface area contributed by atoms with Gasteiger partial charge in [0.15, 0.2) is 9.84 Å². The van der Waals surface area contributed by atoms with E-state index in [0.717, 1.165) is 23.9 Å². The van der Waals surface area contributed by atoms with Gasteiger partial charge in [-0.3, -0.25) is 4.79 Å². The van der Waals surface area contributed by atoms with Crippen molar-refractivity contribution < 1.29 is 31.5 Å². The maximum atomic E-state index is 14.0. The van der Waals surface area contributed by atoms with Crippen LogP contribution in [0.4, 0.5) is 14.5 Å². The smallest absolute Gasteiger partial charge is 0.262 e. The Morgan fingerprint density at radius 1 is 1.00 bits per heavy atom. The first-order valence-corrected chi connectivity index (χ1v) is 12.4. The Hall–Kier alpha value is -3.37. The van der Waals surface area contributed by atoms with Crippen molar-refractivity contribution in [1.82, 2.24) is 0 Å². The number of benzene rings is 3. The van der Waals surface area contributed by atoms with Crippen LogP contribution < -0.4 is 14.8 Å². The lowest BCUT2D eigenvalue weighted by atomic mass is 10.2. The van der Waals surface area contributed by atoms with Crippen LogP contribution in [0.25, 0.3) is 6.08 Å². The van der Waals surface area contributed by atoms with Crippen molar-refractivity contribution in [2.45, 2.75) is 15.5 Å². The average molecular weight is 504 g/mol. The molecule has 0 aliphatic carbocycles. The Balaban J connectivity index is 1.64. The number of carbonyl (C=O) groups excluding carboxylic acids is 1. The summed E-state index contributed by atoms with van der Waals surface area (Å²) in [6.07, 6.45) is 1.32. The van der Waals surface area contributed by atoms with Crippen LogP contribution in [0.5, 0.6) is 11.5 Å². The van der Waals surface area contributed by atoms with Crippen molar-refractivity contribution in [3.8, 4) is 11.5 Å². The topological polar surface area (TPSA) is 81.7 Å². The molecule has 0 saturated heterocycles. The molecule has 1 aliphatic rings. The van der Waals surface area contributed by atoms with Gasteiger partial charge in [-0.1, -0.05) is 17.8 Å². The molecule has 34 heavy (non-hydrogen) atoms. The first-order valence-electron chi connectivity index (χ1n) is 9.94. The molecule has 10 heteroatoms. The van der Waals surface area contributed by atoms with Crippen LogP contribution in [0.2, 0.25) is 0 Å². The van der Waals surface area contributed by atoms with Crippen LogP contribution in [-0.2, 0) is 20.4 Å². The number of sulfone groups is 1. The molecule has 6 nitrogen and oxygen atoms in total.